The van der Waals surface area contributed by atoms with Crippen molar-refractivity contribution in [3.8, 4) is 0 Å². The third-order valence-corrected chi connectivity index (χ3v) is 4.98. The maximum atomic E-state index is 11.9. The van der Waals surface area contributed by atoms with Gasteiger partial charge in [0.15, 0.2) is 5.13 Å². The van der Waals surface area contributed by atoms with E-state index in [1.54, 1.807) is 27.0 Å². The van der Waals surface area contributed by atoms with Gasteiger partial charge in [0, 0.05) is 27.9 Å². The number of aromatic nitrogens is 1. The van der Waals surface area contributed by atoms with Crippen LogP contribution < -0.4 is 10.6 Å². The Hall–Kier alpha value is -1.92. The quantitative estimate of drug-likeness (QED) is 0.830. The summed E-state index contributed by atoms with van der Waals surface area (Å²) in [5, 5.41) is 6.58. The molecule has 0 bridgehead atoms. The average Bonchev–Trinajstić information content (AvgIpc) is 2.95. The SMILES string of the molecule is Cc1cccc(Cc2cnc(NC(=O)CNC(=O)C(C)(C)C)s2)c1Cl. The van der Waals surface area contributed by atoms with Gasteiger partial charge < -0.3 is 10.6 Å². The molecule has 2 rings (SSSR count). The van der Waals surface area contributed by atoms with Gasteiger partial charge >= 0.3 is 0 Å². The number of rotatable bonds is 5. The number of hydrogen-bond donors (Lipinski definition) is 2. The van der Waals surface area contributed by atoms with Gasteiger partial charge in [-0.25, -0.2) is 4.98 Å². The van der Waals surface area contributed by atoms with Crippen LogP contribution in [0.3, 0.4) is 0 Å². The minimum atomic E-state index is -0.526. The Kier molecular flexibility index (Phi) is 6.19. The molecule has 2 aromatic rings. The Morgan fingerprint density at radius 2 is 2.00 bits per heavy atom. The molecule has 0 aliphatic heterocycles. The minimum absolute atomic E-state index is 0.0747. The molecule has 0 saturated heterocycles. The smallest absolute Gasteiger partial charge is 0.245 e. The highest BCUT2D eigenvalue weighted by molar-refractivity contribution is 7.15. The second-order valence-corrected chi connectivity index (χ2v) is 8.33. The molecule has 0 aliphatic carbocycles. The molecule has 134 valence electrons. The fraction of sp³-hybridized carbons (Fsp3) is 0.389. The van der Waals surface area contributed by atoms with Crippen molar-refractivity contribution in [1.29, 1.82) is 0 Å². The topological polar surface area (TPSA) is 71.1 Å². The number of halogens is 1. The Morgan fingerprint density at radius 1 is 1.28 bits per heavy atom. The van der Waals surface area contributed by atoms with Crippen LogP contribution in [-0.4, -0.2) is 23.3 Å². The zero-order valence-corrected chi connectivity index (χ0v) is 16.3. The number of nitrogens with one attached hydrogen (secondary N) is 2. The number of carbonyl (C=O) groups is 2. The molecule has 25 heavy (non-hydrogen) atoms. The fourth-order valence-electron chi connectivity index (χ4n) is 2.07. The van der Waals surface area contributed by atoms with E-state index in [4.69, 9.17) is 11.6 Å². The molecule has 2 N–H and O–H groups in total. The van der Waals surface area contributed by atoms with E-state index in [1.807, 2.05) is 25.1 Å². The van der Waals surface area contributed by atoms with Crippen LogP contribution in [0.1, 0.15) is 36.8 Å². The number of hydrogen-bond acceptors (Lipinski definition) is 4. The second kappa shape index (κ2) is 7.97. The van der Waals surface area contributed by atoms with Gasteiger partial charge in [-0.05, 0) is 18.1 Å². The van der Waals surface area contributed by atoms with Crippen molar-refractivity contribution in [1.82, 2.24) is 10.3 Å². The standard InChI is InChI=1S/C18H22ClN3O2S/c1-11-6-5-7-12(15(11)19)8-13-9-21-17(25-13)22-14(23)10-20-16(24)18(2,3)4/h5-7,9H,8,10H2,1-4H3,(H,20,24)(H,21,22,23). The molecule has 7 heteroatoms. The van der Waals surface area contributed by atoms with Crippen LogP contribution in [0.4, 0.5) is 5.13 Å². The maximum Gasteiger partial charge on any atom is 0.245 e. The Morgan fingerprint density at radius 3 is 2.68 bits per heavy atom. The van der Waals surface area contributed by atoms with Crippen LogP contribution >= 0.6 is 22.9 Å². The first-order valence-corrected chi connectivity index (χ1v) is 9.13. The van der Waals surface area contributed by atoms with Crippen molar-refractivity contribution in [3.63, 3.8) is 0 Å². The predicted octanol–water partition coefficient (Wildman–Crippen LogP) is 3.80. The summed E-state index contributed by atoms with van der Waals surface area (Å²) < 4.78 is 0. The van der Waals surface area contributed by atoms with Gasteiger partial charge in [-0.3, -0.25) is 9.59 Å². The molecular weight excluding hydrogens is 358 g/mol. The molecular formula is C18H22ClN3O2S. The van der Waals surface area contributed by atoms with Crippen LogP contribution in [0.25, 0.3) is 0 Å². The van der Waals surface area contributed by atoms with E-state index < -0.39 is 5.41 Å². The lowest BCUT2D eigenvalue weighted by atomic mass is 9.96. The number of amides is 2. The minimum Gasteiger partial charge on any atom is -0.347 e. The van der Waals surface area contributed by atoms with Crippen molar-refractivity contribution < 1.29 is 9.59 Å². The Bertz CT molecular complexity index is 781. The number of nitrogens with zero attached hydrogens (tertiary/aromatic N) is 1. The van der Waals surface area contributed by atoms with Crippen LogP contribution in [0.15, 0.2) is 24.4 Å². The van der Waals surface area contributed by atoms with E-state index in [2.05, 4.69) is 15.6 Å². The summed E-state index contributed by atoms with van der Waals surface area (Å²) in [6.07, 6.45) is 2.39. The molecule has 0 aliphatic rings. The molecule has 1 heterocycles. The van der Waals surface area contributed by atoms with Crippen molar-refractivity contribution in [2.45, 2.75) is 34.1 Å². The summed E-state index contributed by atoms with van der Waals surface area (Å²) >= 11 is 7.71. The Labute approximate surface area is 156 Å². The highest BCUT2D eigenvalue weighted by Gasteiger charge is 2.21. The van der Waals surface area contributed by atoms with Crippen molar-refractivity contribution in [2.24, 2.45) is 5.41 Å². The predicted molar refractivity (Wildman–Crippen MR) is 102 cm³/mol. The van der Waals surface area contributed by atoms with Gasteiger partial charge in [-0.15, -0.1) is 11.3 Å². The summed E-state index contributed by atoms with van der Waals surface area (Å²) in [7, 11) is 0. The van der Waals surface area contributed by atoms with Gasteiger partial charge in [0.2, 0.25) is 11.8 Å². The van der Waals surface area contributed by atoms with Crippen LogP contribution in [0.2, 0.25) is 5.02 Å². The molecule has 0 atom stereocenters. The highest BCUT2D eigenvalue weighted by atomic mass is 35.5. The first-order chi connectivity index (χ1) is 11.7. The number of benzene rings is 1. The molecule has 0 unspecified atom stereocenters. The lowest BCUT2D eigenvalue weighted by Gasteiger charge is -2.17. The summed E-state index contributed by atoms with van der Waals surface area (Å²) in [5.41, 5.74) is 1.54. The summed E-state index contributed by atoms with van der Waals surface area (Å²) in [6, 6.07) is 5.92. The fourth-order valence-corrected chi connectivity index (χ4v) is 3.11. The summed E-state index contributed by atoms with van der Waals surface area (Å²) in [5.74, 6) is -0.469. The monoisotopic (exact) mass is 379 g/mol. The van der Waals surface area contributed by atoms with Gasteiger partial charge in [-0.1, -0.05) is 50.6 Å². The van der Waals surface area contributed by atoms with Crippen LogP contribution in [0, 0.1) is 12.3 Å². The first-order valence-electron chi connectivity index (χ1n) is 7.93. The van der Waals surface area contributed by atoms with E-state index in [0.717, 1.165) is 21.0 Å². The molecule has 0 fully saturated rings. The first kappa shape index (κ1) is 19.4. The molecule has 5 nitrogen and oxygen atoms in total. The number of anilines is 1. The number of carbonyl (C=O) groups excluding carboxylic acids is 2. The van der Waals surface area contributed by atoms with Crippen molar-refractivity contribution in [3.05, 3.63) is 45.4 Å². The van der Waals surface area contributed by atoms with Crippen molar-refractivity contribution >= 4 is 39.9 Å². The average molecular weight is 380 g/mol. The molecule has 0 radical (unpaired) electrons. The third kappa shape index (κ3) is 5.54. The van der Waals surface area contributed by atoms with Gasteiger partial charge in [0.25, 0.3) is 0 Å². The maximum absolute atomic E-state index is 11.9. The zero-order valence-electron chi connectivity index (χ0n) is 14.8. The van der Waals surface area contributed by atoms with Gasteiger partial charge in [-0.2, -0.15) is 0 Å². The third-order valence-electron chi connectivity index (χ3n) is 3.53. The van der Waals surface area contributed by atoms with Crippen LogP contribution in [0.5, 0.6) is 0 Å². The van der Waals surface area contributed by atoms with Gasteiger partial charge in [0.05, 0.1) is 6.54 Å². The number of aryl methyl sites for hydroxylation is 1. The van der Waals surface area contributed by atoms with Crippen LogP contribution in [-0.2, 0) is 16.0 Å². The Balaban J connectivity index is 1.92. The second-order valence-electron chi connectivity index (χ2n) is 6.84. The van der Waals surface area contributed by atoms with E-state index in [0.29, 0.717) is 11.6 Å². The summed E-state index contributed by atoms with van der Waals surface area (Å²) in [6.45, 7) is 7.28. The van der Waals surface area contributed by atoms with E-state index >= 15 is 0 Å². The molecule has 0 saturated carbocycles. The largest absolute Gasteiger partial charge is 0.347 e. The van der Waals surface area contributed by atoms with E-state index in [-0.39, 0.29) is 18.4 Å². The number of thiazole rings is 1. The lowest BCUT2D eigenvalue weighted by Crippen LogP contribution is -2.39. The molecule has 2 amide bonds. The molecule has 1 aromatic heterocycles. The normalized spacial score (nSPS) is 11.2. The van der Waals surface area contributed by atoms with E-state index in [9.17, 15) is 9.59 Å². The molecule has 0 spiro atoms. The van der Waals surface area contributed by atoms with Crippen molar-refractivity contribution in [2.75, 3.05) is 11.9 Å². The highest BCUT2D eigenvalue weighted by Crippen LogP contribution is 2.26. The lowest BCUT2D eigenvalue weighted by molar-refractivity contribution is -0.130. The van der Waals surface area contributed by atoms with Gasteiger partial charge in [0.1, 0.15) is 0 Å². The zero-order chi connectivity index (χ0) is 18.6. The summed E-state index contributed by atoms with van der Waals surface area (Å²) in [4.78, 5) is 28.9. The van der Waals surface area contributed by atoms with E-state index in [1.165, 1.54) is 11.3 Å². The molecule has 1 aromatic carbocycles.